The Morgan fingerprint density at radius 1 is 0.307 bits per heavy atom. The summed E-state index contributed by atoms with van der Waals surface area (Å²) in [6.07, 6.45) is 3.69. The molecule has 0 spiro atoms. The molecule has 0 saturated heterocycles. The van der Waals surface area contributed by atoms with Crippen molar-refractivity contribution in [1.29, 1.82) is 0 Å². The molecule has 6 heterocycles. The van der Waals surface area contributed by atoms with Crippen molar-refractivity contribution in [2.45, 2.75) is 39.3 Å². The predicted molar refractivity (Wildman–Crippen MR) is 258 cm³/mol. The third-order valence-corrected chi connectivity index (χ3v) is 10.4. The van der Waals surface area contributed by atoms with E-state index < -0.39 is 20.5 Å². The molecule has 10 rings (SSSR count). The number of benzene rings is 4. The van der Waals surface area contributed by atoms with Crippen LogP contribution in [-0.2, 0) is 66.6 Å². The number of para-hydroxylation sites is 4. The van der Waals surface area contributed by atoms with E-state index in [9.17, 15) is 0 Å². The van der Waals surface area contributed by atoms with Crippen LogP contribution in [0, 0.1) is 20.5 Å². The minimum atomic E-state index is -4.94. The van der Waals surface area contributed by atoms with Gasteiger partial charge >= 0.3 is 27.3 Å². The molecule has 0 radical (unpaired) electrons. The number of rotatable bonds is 12. The minimum absolute atomic E-state index is 0. The molecule has 10 aromatic rings. The quantitative estimate of drug-likeness (QED) is 0.157. The van der Waals surface area contributed by atoms with Gasteiger partial charge in [0.25, 0.3) is 0 Å². The fourth-order valence-electron chi connectivity index (χ4n) is 7.48. The van der Waals surface area contributed by atoms with E-state index in [1.807, 2.05) is 85.2 Å². The van der Waals surface area contributed by atoms with Crippen LogP contribution in [0.15, 0.2) is 194 Å². The van der Waals surface area contributed by atoms with E-state index in [0.717, 1.165) is 131 Å². The maximum Gasteiger partial charge on any atom is 2.00 e. The molecule has 6 aromatic heterocycles. The summed E-state index contributed by atoms with van der Waals surface area (Å²) >= 11 is 0. The van der Waals surface area contributed by atoms with Crippen molar-refractivity contribution in [3.05, 3.63) is 229 Å². The third kappa shape index (κ3) is 22.7. The van der Waals surface area contributed by atoms with Crippen LogP contribution >= 0.6 is 0 Å². The van der Waals surface area contributed by atoms with Crippen molar-refractivity contribution < 1.29 is 95.3 Å². The summed E-state index contributed by atoms with van der Waals surface area (Å²) in [5, 5.41) is 18.6. The van der Waals surface area contributed by atoms with Crippen LogP contribution in [0.3, 0.4) is 0 Å². The van der Waals surface area contributed by atoms with Gasteiger partial charge in [-0.15, -0.1) is 20.5 Å². The molecule has 0 aliphatic heterocycles. The van der Waals surface area contributed by atoms with Gasteiger partial charge in [0.2, 0.25) is 0 Å². The molecule has 18 nitrogen and oxygen atoms in total. The Kier molecular flexibility index (Phi) is 25.9. The number of aliphatic hydroxyl groups is 2. The minimum Gasteiger partial charge on any atom is -0.400 e. The van der Waals surface area contributed by atoms with E-state index in [4.69, 9.17) is 67.4 Å². The molecular formula is C54H52CdCl2N8O10. The number of halogens is 2. The predicted octanol–water partition coefficient (Wildman–Crippen LogP) is 0.463. The Morgan fingerprint density at radius 3 is 0.747 bits per heavy atom. The monoisotopic (exact) mass is 1160 g/mol. The average Bonchev–Trinajstić information content (AvgIpc) is 3.39. The zero-order valence-electron chi connectivity index (χ0n) is 40.9. The molecule has 2 N–H and O–H groups in total. The second-order valence-electron chi connectivity index (χ2n) is 15.7. The van der Waals surface area contributed by atoms with Crippen molar-refractivity contribution in [2.24, 2.45) is 0 Å². The fourth-order valence-corrected chi connectivity index (χ4v) is 7.48. The van der Waals surface area contributed by atoms with Crippen LogP contribution in [-0.4, -0.2) is 64.1 Å². The summed E-state index contributed by atoms with van der Waals surface area (Å²) in [5.74, 6) is 0. The second-order valence-corrected chi connectivity index (χ2v) is 17.2. The van der Waals surface area contributed by atoms with Gasteiger partial charge < -0.3 is 10.2 Å². The van der Waals surface area contributed by atoms with Gasteiger partial charge in [-0.1, -0.05) is 109 Å². The van der Waals surface area contributed by atoms with Crippen LogP contribution < -0.4 is 37.3 Å². The smallest absolute Gasteiger partial charge is 0.400 e. The normalized spacial score (nSPS) is 10.9. The first-order valence-electron chi connectivity index (χ1n) is 22.4. The second kappa shape index (κ2) is 31.7. The summed E-state index contributed by atoms with van der Waals surface area (Å²) in [7, 11) is -7.89. The molecule has 0 fully saturated rings. The van der Waals surface area contributed by atoms with E-state index in [1.165, 1.54) is 0 Å². The zero-order valence-corrected chi connectivity index (χ0v) is 46.5. The maximum atomic E-state index is 8.49. The average molecular weight is 1160 g/mol. The summed E-state index contributed by atoms with van der Waals surface area (Å²) in [6, 6.07) is 62.0. The molecule has 0 aliphatic carbocycles. The molecule has 0 bridgehead atoms. The summed E-state index contributed by atoms with van der Waals surface area (Å²) < 4.78 is 67.9. The van der Waals surface area contributed by atoms with Crippen LogP contribution in [0.2, 0.25) is 0 Å². The maximum absolute atomic E-state index is 8.49. The molecule has 0 amide bonds. The third-order valence-electron chi connectivity index (χ3n) is 10.4. The van der Waals surface area contributed by atoms with Gasteiger partial charge in [-0.05, 0) is 72.8 Å². The molecule has 4 aromatic carbocycles. The van der Waals surface area contributed by atoms with Crippen molar-refractivity contribution in [1.82, 2.24) is 39.7 Å². The standard InChI is InChI=1S/2C26H22N4.2CH4O.Cd.2ClHO4/c2*1-3-10-25-20(7-1)12-14-23(28-25)18-30(17-22-9-5-6-16-27-22)19-24-15-13-21-8-2-4-11-26(21)29-24;2*1-2;;2*2-1(3,4)5/h2*1-16H,17-19H2;2*2H,1H3;;2*(H,2,3,4,5)/q;;;;+2;;/p-2. The summed E-state index contributed by atoms with van der Waals surface area (Å²) in [4.78, 5) is 33.2. The molecule has 21 heteroatoms. The molecule has 0 aliphatic rings. The molecule has 0 unspecified atom stereocenters. The van der Waals surface area contributed by atoms with Crippen molar-refractivity contribution >= 4 is 43.6 Å². The number of hydrogen-bond acceptors (Lipinski definition) is 18. The Morgan fingerprint density at radius 2 is 0.520 bits per heavy atom. The SMILES string of the molecule is CO.CO.[Cd+2].[O-][Cl+3]([O-])([O-])[O-].[O-][Cl+3]([O-])([O-])[O-].c1ccc(CN(Cc2ccc3ccccc3n2)Cc2ccc3ccccc3n2)nc1.c1ccc(CN(Cc2ccc3ccccc3n2)Cc2ccc3ccccc3n2)nc1. The first-order chi connectivity index (χ1) is 35.7. The van der Waals surface area contributed by atoms with Gasteiger partial charge in [-0.3, -0.25) is 39.7 Å². The Hall–Kier alpha value is -6.16. The van der Waals surface area contributed by atoms with Gasteiger partial charge in [-0.25, -0.2) is 37.3 Å². The van der Waals surface area contributed by atoms with E-state index in [-0.39, 0.29) is 27.3 Å². The summed E-state index contributed by atoms with van der Waals surface area (Å²) in [6.45, 7) is 4.41. The molecular weight excluding hydrogens is 1100 g/mol. The first kappa shape index (κ1) is 61.4. The number of pyridine rings is 6. The molecule has 384 valence electrons. The van der Waals surface area contributed by atoms with E-state index in [2.05, 4.69) is 129 Å². The molecule has 0 atom stereocenters. The number of hydrogen-bond donors (Lipinski definition) is 2. The van der Waals surface area contributed by atoms with Crippen LogP contribution in [0.5, 0.6) is 0 Å². The van der Waals surface area contributed by atoms with Crippen molar-refractivity contribution in [3.63, 3.8) is 0 Å². The zero-order chi connectivity index (χ0) is 53.4. The first-order valence-corrected chi connectivity index (χ1v) is 24.9. The van der Waals surface area contributed by atoms with Gasteiger partial charge in [0, 0.05) is 87.4 Å². The van der Waals surface area contributed by atoms with Crippen LogP contribution in [0.4, 0.5) is 0 Å². The molecule has 0 saturated carbocycles. The Labute approximate surface area is 457 Å². The van der Waals surface area contributed by atoms with E-state index >= 15 is 0 Å². The topological polar surface area (TPSA) is 309 Å². The van der Waals surface area contributed by atoms with Gasteiger partial charge in [0.15, 0.2) is 0 Å². The van der Waals surface area contributed by atoms with Crippen LogP contribution in [0.25, 0.3) is 43.6 Å². The van der Waals surface area contributed by atoms with Crippen molar-refractivity contribution in [3.8, 4) is 0 Å². The molecule has 75 heavy (non-hydrogen) atoms. The van der Waals surface area contributed by atoms with Gasteiger partial charge in [-0.2, -0.15) is 0 Å². The number of nitrogens with zero attached hydrogens (tertiary/aromatic N) is 8. The Bertz CT molecular complexity index is 2850. The van der Waals surface area contributed by atoms with E-state index in [0.29, 0.717) is 0 Å². The number of aromatic nitrogens is 6. The van der Waals surface area contributed by atoms with E-state index in [1.54, 1.807) is 0 Å². The summed E-state index contributed by atoms with van der Waals surface area (Å²) in [5.41, 5.74) is 10.4. The Balaban J connectivity index is 0.000000258. The fraction of sp³-hybridized carbons (Fsp3) is 0.148. The number of aliphatic hydroxyl groups excluding tert-OH is 2. The van der Waals surface area contributed by atoms with Crippen molar-refractivity contribution in [2.75, 3.05) is 14.2 Å². The largest absolute Gasteiger partial charge is 2.00 e. The van der Waals surface area contributed by atoms with Gasteiger partial charge in [0.05, 0.1) is 56.2 Å². The van der Waals surface area contributed by atoms with Gasteiger partial charge in [0.1, 0.15) is 0 Å². The van der Waals surface area contributed by atoms with Crippen LogP contribution in [0.1, 0.15) is 34.2 Å². The number of fused-ring (bicyclic) bond motifs is 4.